The quantitative estimate of drug-likeness (QED) is 0.539. The SMILES string of the molecule is [Br][Ca][Br].[CaH2]. The van der Waals surface area contributed by atoms with Crippen LogP contribution in [0.4, 0.5) is 0 Å². The number of halogens is 2. The van der Waals surface area contributed by atoms with E-state index in [0.717, 1.165) is 0 Å². The van der Waals surface area contributed by atoms with E-state index in [0.29, 0.717) is 0 Å². The Labute approximate surface area is 82.3 Å². The molecule has 0 amide bonds. The number of hydrogen-bond acceptors (Lipinski definition) is 0. The van der Waals surface area contributed by atoms with Crippen LogP contribution in [0, 0.1) is 0 Å². The summed E-state index contributed by atoms with van der Waals surface area (Å²) in [5.74, 6) is 0. The summed E-state index contributed by atoms with van der Waals surface area (Å²) in [4.78, 5) is 0. The van der Waals surface area contributed by atoms with E-state index in [-0.39, 0.29) is 65.7 Å². The second-order valence-corrected chi connectivity index (χ2v) is 11.2. The second-order valence-electron chi connectivity index (χ2n) is 0.101. The zero-order chi connectivity index (χ0) is 2.71. The van der Waals surface area contributed by atoms with Gasteiger partial charge in [-0.2, -0.15) is 0 Å². The minimum absolute atomic E-state index is 0. The van der Waals surface area contributed by atoms with Crippen molar-refractivity contribution in [2.75, 3.05) is 0 Å². The van der Waals surface area contributed by atoms with Crippen molar-refractivity contribution in [2.45, 2.75) is 0 Å². The second kappa shape index (κ2) is 9.70. The molecule has 0 aliphatic carbocycles. The maximum atomic E-state index is 3.25. The summed E-state index contributed by atoms with van der Waals surface area (Å²) in [5, 5.41) is 0. The van der Waals surface area contributed by atoms with Crippen LogP contribution in [-0.4, -0.2) is 65.7 Å². The fourth-order valence-corrected chi connectivity index (χ4v) is 0. The van der Waals surface area contributed by atoms with E-state index in [9.17, 15) is 0 Å². The molecule has 0 spiro atoms. The third kappa shape index (κ3) is 9.08. The van der Waals surface area contributed by atoms with Crippen LogP contribution in [-0.2, 0) is 0 Å². The van der Waals surface area contributed by atoms with E-state index >= 15 is 0 Å². The molecule has 4 heavy (non-hydrogen) atoms. The molecule has 0 aromatic carbocycles. The predicted octanol–water partition coefficient (Wildman–Crippen LogP) is 0.394. The molecule has 0 saturated carbocycles. The van der Waals surface area contributed by atoms with Gasteiger partial charge in [-0.15, -0.1) is 0 Å². The maximum absolute atomic E-state index is 3.25. The van der Waals surface area contributed by atoms with Crippen LogP contribution in [0.15, 0.2) is 0 Å². The Bertz CT molecular complexity index is 4.00. The Morgan fingerprint density at radius 1 is 1.25 bits per heavy atom. The van der Waals surface area contributed by atoms with Gasteiger partial charge in [0.2, 0.25) is 0 Å². The summed E-state index contributed by atoms with van der Waals surface area (Å²) in [5.41, 5.74) is 0. The Hall–Kier alpha value is 3.48. The molecule has 0 unspecified atom stereocenters. The number of rotatable bonds is 0. The standard InChI is InChI=1S/2BrH.2Ca.2H/h2*1H;;;;/q;;;+2;;/p-2. The van der Waals surface area contributed by atoms with Crippen LogP contribution in [0.5, 0.6) is 0 Å². The molecule has 0 nitrogen and oxygen atoms in total. The third-order valence-corrected chi connectivity index (χ3v) is 0. The van der Waals surface area contributed by atoms with Gasteiger partial charge in [-0.25, -0.2) is 0 Å². The van der Waals surface area contributed by atoms with Crippen molar-refractivity contribution in [3.63, 3.8) is 0 Å². The molecule has 0 aromatic rings. The van der Waals surface area contributed by atoms with Crippen molar-refractivity contribution < 1.29 is 0 Å². The molecule has 0 radical (unpaired) electrons. The average Bonchev–Trinajstić information content (AvgIpc) is 0.918. The monoisotopic (exact) mass is 240 g/mol. The molecule has 0 heterocycles. The van der Waals surface area contributed by atoms with E-state index < -0.39 is 0 Å². The van der Waals surface area contributed by atoms with Gasteiger partial charge in [-0.05, 0) is 0 Å². The molecule has 0 aliphatic rings. The van der Waals surface area contributed by atoms with E-state index in [4.69, 9.17) is 0 Å². The Balaban J connectivity index is 0. The molecule has 20 valence electrons. The van der Waals surface area contributed by atoms with Crippen LogP contribution in [0.25, 0.3) is 0 Å². The fourth-order valence-electron chi connectivity index (χ4n) is 0. The van der Waals surface area contributed by atoms with Gasteiger partial charge < -0.3 is 0 Å². The Morgan fingerprint density at radius 2 is 1.25 bits per heavy atom. The molecule has 0 bridgehead atoms. The van der Waals surface area contributed by atoms with Crippen LogP contribution >= 0.6 is 19.4 Å². The van der Waals surface area contributed by atoms with Crippen molar-refractivity contribution >= 4 is 85.1 Å². The van der Waals surface area contributed by atoms with Gasteiger partial charge in [0.05, 0.1) is 0 Å². The molecule has 0 rings (SSSR count). The van der Waals surface area contributed by atoms with E-state index in [1.54, 1.807) is 0 Å². The zero-order valence-corrected chi connectivity index (χ0v) is 6.84. The van der Waals surface area contributed by atoms with Gasteiger partial charge in [0.1, 0.15) is 0 Å². The van der Waals surface area contributed by atoms with Gasteiger partial charge >= 0.3 is 85.1 Å². The van der Waals surface area contributed by atoms with E-state index in [1.807, 2.05) is 0 Å². The number of hydrogen-bond donors (Lipinski definition) is 0. The van der Waals surface area contributed by atoms with Crippen molar-refractivity contribution in [1.82, 2.24) is 0 Å². The first kappa shape index (κ1) is 10.5. The van der Waals surface area contributed by atoms with Gasteiger partial charge in [0, 0.05) is 0 Å². The summed E-state index contributed by atoms with van der Waals surface area (Å²) < 4.78 is 0. The van der Waals surface area contributed by atoms with Gasteiger partial charge in [-0.1, -0.05) is 0 Å². The molecular formula is H2Br2Ca2. The molecular weight excluding hydrogens is 240 g/mol. The van der Waals surface area contributed by atoms with Crippen molar-refractivity contribution in [2.24, 2.45) is 0 Å². The van der Waals surface area contributed by atoms with Gasteiger partial charge in [0.25, 0.3) is 0 Å². The van der Waals surface area contributed by atoms with Crippen LogP contribution in [0.2, 0.25) is 0 Å². The first-order chi connectivity index (χ1) is 1.41. The minimum atomic E-state index is -0.250. The normalized spacial score (nSPS) is 2.50. The molecule has 0 aromatic heterocycles. The fraction of sp³-hybridized carbons (Fsp3) is 0. The molecule has 4 heteroatoms. The molecule has 0 atom stereocenters. The van der Waals surface area contributed by atoms with Gasteiger partial charge in [0.15, 0.2) is 0 Å². The van der Waals surface area contributed by atoms with Crippen molar-refractivity contribution in [3.8, 4) is 0 Å². The van der Waals surface area contributed by atoms with E-state index in [2.05, 4.69) is 19.4 Å². The van der Waals surface area contributed by atoms with Crippen molar-refractivity contribution in [1.29, 1.82) is 0 Å². The van der Waals surface area contributed by atoms with Crippen LogP contribution in [0.3, 0.4) is 0 Å². The summed E-state index contributed by atoms with van der Waals surface area (Å²) in [7, 11) is 6.50. The van der Waals surface area contributed by atoms with Crippen LogP contribution in [0.1, 0.15) is 0 Å². The summed E-state index contributed by atoms with van der Waals surface area (Å²) >= 11 is -0.250. The molecule has 0 aliphatic heterocycles. The zero-order valence-electron chi connectivity index (χ0n) is 1.46. The first-order valence-corrected chi connectivity index (χ1v) is 11.5. The first-order valence-electron chi connectivity index (χ1n) is 0.535. The van der Waals surface area contributed by atoms with Crippen LogP contribution < -0.4 is 0 Å². The molecule has 0 fully saturated rings. The summed E-state index contributed by atoms with van der Waals surface area (Å²) in [6, 6.07) is 0. The predicted molar refractivity (Wildman–Crippen MR) is 32.2 cm³/mol. The summed E-state index contributed by atoms with van der Waals surface area (Å²) in [6.45, 7) is 0. The Kier molecular flexibility index (Phi) is 25.3. The van der Waals surface area contributed by atoms with Gasteiger partial charge in [-0.3, -0.25) is 0 Å². The topological polar surface area (TPSA) is 0 Å². The third-order valence-electron chi connectivity index (χ3n) is 0. The molecule has 0 saturated heterocycles. The average molecular weight is 242 g/mol. The summed E-state index contributed by atoms with van der Waals surface area (Å²) in [6.07, 6.45) is 0. The Morgan fingerprint density at radius 3 is 1.25 bits per heavy atom. The molecule has 0 N–H and O–H groups in total. The van der Waals surface area contributed by atoms with E-state index in [1.165, 1.54) is 0 Å². The van der Waals surface area contributed by atoms with Crippen molar-refractivity contribution in [3.05, 3.63) is 0 Å².